The highest BCUT2D eigenvalue weighted by Gasteiger charge is 2.16. The molecule has 2 aromatic rings. The molecule has 0 saturated carbocycles. The number of aromatic nitrogens is 2. The molecule has 1 unspecified atom stereocenters. The van der Waals surface area contributed by atoms with Crippen LogP contribution in [0.2, 0.25) is 0 Å². The summed E-state index contributed by atoms with van der Waals surface area (Å²) in [4.78, 5) is 8.10. The second-order valence-corrected chi connectivity index (χ2v) is 4.09. The van der Waals surface area contributed by atoms with Gasteiger partial charge in [-0.25, -0.2) is 19.8 Å². The van der Waals surface area contributed by atoms with E-state index in [4.69, 9.17) is 10.6 Å². The zero-order valence-electron chi connectivity index (χ0n) is 10.7. The topological polar surface area (TPSA) is 73.1 Å². The molecular weight excluding hydrogens is 247 g/mol. The molecular formula is C13H15FN4O. The lowest BCUT2D eigenvalue weighted by Crippen LogP contribution is -2.29. The average molecular weight is 262 g/mol. The molecule has 0 amide bonds. The first-order chi connectivity index (χ1) is 9.15. The Morgan fingerprint density at radius 2 is 2.11 bits per heavy atom. The second-order valence-electron chi connectivity index (χ2n) is 4.09. The van der Waals surface area contributed by atoms with E-state index in [2.05, 4.69) is 15.4 Å². The number of nitrogens with two attached hydrogens (primary N) is 1. The molecule has 0 radical (unpaired) electrons. The van der Waals surface area contributed by atoms with Gasteiger partial charge in [0.2, 0.25) is 5.88 Å². The number of benzene rings is 1. The van der Waals surface area contributed by atoms with Crippen LogP contribution in [0, 0.1) is 12.7 Å². The van der Waals surface area contributed by atoms with Gasteiger partial charge in [0.05, 0.1) is 18.8 Å². The minimum Gasteiger partial charge on any atom is -0.481 e. The highest BCUT2D eigenvalue weighted by molar-refractivity contribution is 5.32. The molecule has 100 valence electrons. The van der Waals surface area contributed by atoms with Crippen LogP contribution in [0.5, 0.6) is 5.88 Å². The number of ether oxygens (including phenoxy) is 1. The van der Waals surface area contributed by atoms with E-state index in [1.54, 1.807) is 25.1 Å². The predicted molar refractivity (Wildman–Crippen MR) is 68.9 cm³/mol. The van der Waals surface area contributed by atoms with Gasteiger partial charge in [-0.15, -0.1) is 0 Å². The third-order valence-electron chi connectivity index (χ3n) is 2.85. The Bertz CT molecular complexity index is 576. The molecule has 1 aromatic carbocycles. The molecule has 6 heteroatoms. The van der Waals surface area contributed by atoms with Crippen LogP contribution >= 0.6 is 0 Å². The van der Waals surface area contributed by atoms with Crippen molar-refractivity contribution in [2.24, 2.45) is 5.84 Å². The number of nitrogens with zero attached hydrogens (tertiary/aromatic N) is 2. The minimum absolute atomic E-state index is 0.250. The third kappa shape index (κ3) is 2.86. The molecule has 0 fully saturated rings. The fourth-order valence-corrected chi connectivity index (χ4v) is 1.82. The second kappa shape index (κ2) is 5.73. The maximum atomic E-state index is 13.3. The van der Waals surface area contributed by atoms with Crippen molar-refractivity contribution in [3.05, 3.63) is 53.2 Å². The first kappa shape index (κ1) is 13.4. The highest BCUT2D eigenvalue weighted by Crippen LogP contribution is 2.23. The van der Waals surface area contributed by atoms with E-state index in [9.17, 15) is 4.39 Å². The SMILES string of the molecule is COc1cc(C(NN)c2ccc(F)c(C)c2)ncn1. The first-order valence-corrected chi connectivity index (χ1v) is 5.74. The van der Waals surface area contributed by atoms with Gasteiger partial charge in [-0.1, -0.05) is 12.1 Å². The summed E-state index contributed by atoms with van der Waals surface area (Å²) in [6, 6.07) is 6.14. The number of hydrazine groups is 1. The quantitative estimate of drug-likeness (QED) is 0.645. The fraction of sp³-hybridized carbons (Fsp3) is 0.231. The minimum atomic E-state index is -0.351. The van der Waals surface area contributed by atoms with Gasteiger partial charge in [-0.2, -0.15) is 0 Å². The summed E-state index contributed by atoms with van der Waals surface area (Å²) in [6.07, 6.45) is 1.40. The van der Waals surface area contributed by atoms with Gasteiger partial charge >= 0.3 is 0 Å². The van der Waals surface area contributed by atoms with Crippen LogP contribution in [-0.2, 0) is 0 Å². The normalized spacial score (nSPS) is 12.2. The Morgan fingerprint density at radius 1 is 1.32 bits per heavy atom. The summed E-state index contributed by atoms with van der Waals surface area (Å²) < 4.78 is 18.3. The Balaban J connectivity index is 2.40. The van der Waals surface area contributed by atoms with E-state index in [0.29, 0.717) is 17.1 Å². The van der Waals surface area contributed by atoms with Gasteiger partial charge in [-0.05, 0) is 24.1 Å². The van der Waals surface area contributed by atoms with E-state index in [1.807, 2.05) is 0 Å². The van der Waals surface area contributed by atoms with E-state index in [-0.39, 0.29) is 11.9 Å². The number of methoxy groups -OCH3 is 1. The maximum absolute atomic E-state index is 13.3. The van der Waals surface area contributed by atoms with Crippen molar-refractivity contribution in [1.82, 2.24) is 15.4 Å². The number of aryl methyl sites for hydroxylation is 1. The van der Waals surface area contributed by atoms with E-state index in [1.165, 1.54) is 19.5 Å². The van der Waals surface area contributed by atoms with Crippen molar-refractivity contribution in [3.63, 3.8) is 0 Å². The van der Waals surface area contributed by atoms with Crippen LogP contribution in [0.25, 0.3) is 0 Å². The molecule has 0 aliphatic heterocycles. The molecule has 0 aliphatic carbocycles. The third-order valence-corrected chi connectivity index (χ3v) is 2.85. The van der Waals surface area contributed by atoms with Gasteiger partial charge in [0.1, 0.15) is 12.1 Å². The zero-order valence-corrected chi connectivity index (χ0v) is 10.7. The average Bonchev–Trinajstić information content (AvgIpc) is 2.44. The Labute approximate surface area is 110 Å². The van der Waals surface area contributed by atoms with E-state index < -0.39 is 0 Å². The largest absolute Gasteiger partial charge is 0.481 e. The molecule has 0 spiro atoms. The number of halogens is 1. The molecule has 2 rings (SSSR count). The Kier molecular flexibility index (Phi) is 4.03. The lowest BCUT2D eigenvalue weighted by molar-refractivity contribution is 0.395. The van der Waals surface area contributed by atoms with Crippen molar-refractivity contribution in [2.75, 3.05) is 7.11 Å². The lowest BCUT2D eigenvalue weighted by Gasteiger charge is -2.16. The Morgan fingerprint density at radius 3 is 2.74 bits per heavy atom. The summed E-state index contributed by atoms with van der Waals surface area (Å²) in [5.41, 5.74) is 4.69. The van der Waals surface area contributed by atoms with E-state index >= 15 is 0 Å². The number of hydrogen-bond acceptors (Lipinski definition) is 5. The zero-order chi connectivity index (χ0) is 13.8. The Hall–Kier alpha value is -2.05. The van der Waals surface area contributed by atoms with Crippen molar-refractivity contribution in [2.45, 2.75) is 13.0 Å². The van der Waals surface area contributed by atoms with Crippen LogP contribution in [0.4, 0.5) is 4.39 Å². The van der Waals surface area contributed by atoms with E-state index in [0.717, 1.165) is 5.56 Å². The van der Waals surface area contributed by atoms with Crippen LogP contribution < -0.4 is 16.0 Å². The van der Waals surface area contributed by atoms with Gasteiger partial charge in [0.15, 0.2) is 0 Å². The fourth-order valence-electron chi connectivity index (χ4n) is 1.82. The molecule has 0 aliphatic rings. The highest BCUT2D eigenvalue weighted by atomic mass is 19.1. The van der Waals surface area contributed by atoms with Crippen LogP contribution in [-0.4, -0.2) is 17.1 Å². The standard InChI is InChI=1S/C13H15FN4O/c1-8-5-9(3-4-10(8)14)13(18-15)11-6-12(19-2)17-7-16-11/h3-7,13,18H,15H2,1-2H3. The predicted octanol–water partition coefficient (Wildman–Crippen LogP) is 1.49. The summed E-state index contributed by atoms with van der Waals surface area (Å²) >= 11 is 0. The number of hydrogen-bond donors (Lipinski definition) is 2. The number of rotatable bonds is 4. The summed E-state index contributed by atoms with van der Waals surface area (Å²) in [5, 5.41) is 0. The molecule has 1 heterocycles. The van der Waals surface area contributed by atoms with Crippen molar-refractivity contribution in [3.8, 4) is 5.88 Å². The van der Waals surface area contributed by atoms with Crippen molar-refractivity contribution >= 4 is 0 Å². The molecule has 0 saturated heterocycles. The van der Waals surface area contributed by atoms with Gasteiger partial charge < -0.3 is 4.74 Å². The summed E-state index contributed by atoms with van der Waals surface area (Å²) in [6.45, 7) is 1.70. The van der Waals surface area contributed by atoms with Crippen LogP contribution in [0.3, 0.4) is 0 Å². The van der Waals surface area contributed by atoms with Gasteiger partial charge in [0.25, 0.3) is 0 Å². The van der Waals surface area contributed by atoms with Gasteiger partial charge in [-0.3, -0.25) is 5.84 Å². The molecule has 3 N–H and O–H groups in total. The molecule has 19 heavy (non-hydrogen) atoms. The van der Waals surface area contributed by atoms with Crippen molar-refractivity contribution < 1.29 is 9.13 Å². The monoisotopic (exact) mass is 262 g/mol. The molecule has 1 aromatic heterocycles. The first-order valence-electron chi connectivity index (χ1n) is 5.74. The molecule has 0 bridgehead atoms. The van der Waals surface area contributed by atoms with Crippen molar-refractivity contribution in [1.29, 1.82) is 0 Å². The maximum Gasteiger partial charge on any atom is 0.216 e. The van der Waals surface area contributed by atoms with Gasteiger partial charge in [0, 0.05) is 6.07 Å². The van der Waals surface area contributed by atoms with Crippen LogP contribution in [0.1, 0.15) is 22.9 Å². The number of nitrogens with one attached hydrogen (secondary N) is 1. The summed E-state index contributed by atoms with van der Waals surface area (Å²) in [5.74, 6) is 5.77. The molecule has 5 nitrogen and oxygen atoms in total. The smallest absolute Gasteiger partial charge is 0.216 e. The molecule has 1 atom stereocenters. The van der Waals surface area contributed by atoms with Crippen LogP contribution in [0.15, 0.2) is 30.6 Å². The lowest BCUT2D eigenvalue weighted by atomic mass is 10.0. The summed E-state index contributed by atoms with van der Waals surface area (Å²) in [7, 11) is 1.53.